The molecule has 0 saturated carbocycles. The SMILES string of the molecule is COc1ccccc1C(=O)Cc1c(C)cc(C)cc1C. The van der Waals surface area contributed by atoms with E-state index in [2.05, 4.69) is 32.9 Å². The van der Waals surface area contributed by atoms with Crippen LogP contribution in [0.25, 0.3) is 0 Å². The van der Waals surface area contributed by atoms with Crippen molar-refractivity contribution in [2.45, 2.75) is 27.2 Å². The third-order valence-electron chi connectivity index (χ3n) is 3.59. The molecule has 0 fully saturated rings. The number of hydrogen-bond acceptors (Lipinski definition) is 2. The molecule has 2 aromatic carbocycles. The lowest BCUT2D eigenvalue weighted by Crippen LogP contribution is -2.08. The van der Waals surface area contributed by atoms with Gasteiger partial charge < -0.3 is 4.74 Å². The lowest BCUT2D eigenvalue weighted by Gasteiger charge is -2.12. The average molecular weight is 268 g/mol. The van der Waals surface area contributed by atoms with Gasteiger partial charge in [-0.3, -0.25) is 4.79 Å². The summed E-state index contributed by atoms with van der Waals surface area (Å²) in [4.78, 5) is 12.5. The van der Waals surface area contributed by atoms with Gasteiger partial charge in [-0.05, 0) is 49.6 Å². The molecule has 20 heavy (non-hydrogen) atoms. The van der Waals surface area contributed by atoms with E-state index in [4.69, 9.17) is 4.74 Å². The van der Waals surface area contributed by atoms with Crippen molar-refractivity contribution in [3.05, 3.63) is 64.2 Å². The lowest BCUT2D eigenvalue weighted by atomic mass is 9.93. The van der Waals surface area contributed by atoms with Crippen LogP contribution in [0.3, 0.4) is 0 Å². The van der Waals surface area contributed by atoms with Gasteiger partial charge in [-0.2, -0.15) is 0 Å². The molecule has 0 aliphatic carbocycles. The van der Waals surface area contributed by atoms with Crippen LogP contribution < -0.4 is 4.74 Å². The lowest BCUT2D eigenvalue weighted by molar-refractivity contribution is 0.0989. The predicted molar refractivity (Wildman–Crippen MR) is 81.7 cm³/mol. The number of ether oxygens (including phenoxy) is 1. The Balaban J connectivity index is 2.33. The number of aryl methyl sites for hydroxylation is 3. The Morgan fingerprint density at radius 2 is 1.65 bits per heavy atom. The fourth-order valence-electron chi connectivity index (χ4n) is 2.62. The Morgan fingerprint density at radius 1 is 1.05 bits per heavy atom. The van der Waals surface area contributed by atoms with E-state index in [1.807, 2.05) is 24.3 Å². The van der Waals surface area contributed by atoms with Crippen molar-refractivity contribution >= 4 is 5.78 Å². The maximum atomic E-state index is 12.5. The molecule has 0 spiro atoms. The first-order chi connectivity index (χ1) is 9.52. The van der Waals surface area contributed by atoms with Crippen molar-refractivity contribution in [3.8, 4) is 5.75 Å². The van der Waals surface area contributed by atoms with Gasteiger partial charge in [0.25, 0.3) is 0 Å². The number of hydrogen-bond donors (Lipinski definition) is 0. The first kappa shape index (κ1) is 14.3. The maximum absolute atomic E-state index is 12.5. The van der Waals surface area contributed by atoms with Crippen molar-refractivity contribution in [2.75, 3.05) is 7.11 Å². The zero-order valence-electron chi connectivity index (χ0n) is 12.5. The first-order valence-corrected chi connectivity index (χ1v) is 6.76. The minimum absolute atomic E-state index is 0.0949. The Morgan fingerprint density at radius 3 is 2.25 bits per heavy atom. The number of benzene rings is 2. The summed E-state index contributed by atoms with van der Waals surface area (Å²) in [5, 5.41) is 0. The van der Waals surface area contributed by atoms with E-state index in [1.165, 1.54) is 16.7 Å². The highest BCUT2D eigenvalue weighted by atomic mass is 16.5. The molecule has 0 amide bonds. The van der Waals surface area contributed by atoms with Crippen molar-refractivity contribution in [2.24, 2.45) is 0 Å². The van der Waals surface area contributed by atoms with Gasteiger partial charge >= 0.3 is 0 Å². The number of carbonyl (C=O) groups excluding carboxylic acids is 1. The second-order valence-corrected chi connectivity index (χ2v) is 5.18. The molecule has 2 rings (SSSR count). The van der Waals surface area contributed by atoms with E-state index in [-0.39, 0.29) is 5.78 Å². The highest BCUT2D eigenvalue weighted by Gasteiger charge is 2.14. The van der Waals surface area contributed by atoms with Crippen LogP contribution in [-0.2, 0) is 6.42 Å². The monoisotopic (exact) mass is 268 g/mol. The summed E-state index contributed by atoms with van der Waals surface area (Å²) in [6.45, 7) is 6.20. The van der Waals surface area contributed by atoms with Gasteiger partial charge in [0.15, 0.2) is 5.78 Å². The minimum Gasteiger partial charge on any atom is -0.496 e. The molecule has 0 aromatic heterocycles. The third-order valence-corrected chi connectivity index (χ3v) is 3.59. The van der Waals surface area contributed by atoms with E-state index >= 15 is 0 Å². The fourth-order valence-corrected chi connectivity index (χ4v) is 2.62. The largest absolute Gasteiger partial charge is 0.496 e. The third kappa shape index (κ3) is 2.90. The van der Waals surface area contributed by atoms with Gasteiger partial charge in [0.1, 0.15) is 5.75 Å². The number of rotatable bonds is 4. The second-order valence-electron chi connectivity index (χ2n) is 5.18. The quantitative estimate of drug-likeness (QED) is 0.782. The molecule has 104 valence electrons. The summed E-state index contributed by atoms with van der Waals surface area (Å²) in [6, 6.07) is 11.6. The number of carbonyl (C=O) groups is 1. The minimum atomic E-state index is 0.0949. The smallest absolute Gasteiger partial charge is 0.170 e. The van der Waals surface area contributed by atoms with E-state index in [9.17, 15) is 4.79 Å². The zero-order valence-corrected chi connectivity index (χ0v) is 12.5. The summed E-state index contributed by atoms with van der Waals surface area (Å²) in [7, 11) is 1.59. The fraction of sp³-hybridized carbons (Fsp3) is 0.278. The summed E-state index contributed by atoms with van der Waals surface area (Å²) >= 11 is 0. The van der Waals surface area contributed by atoms with Crippen LogP contribution in [0.2, 0.25) is 0 Å². The van der Waals surface area contributed by atoms with Gasteiger partial charge in [0, 0.05) is 6.42 Å². The number of Topliss-reactive ketones (excluding diaryl/α,β-unsaturated/α-hetero) is 1. The predicted octanol–water partition coefficient (Wildman–Crippen LogP) is 4.05. The van der Waals surface area contributed by atoms with E-state index in [0.717, 1.165) is 5.56 Å². The molecule has 2 heteroatoms. The van der Waals surface area contributed by atoms with Gasteiger partial charge in [-0.25, -0.2) is 0 Å². The summed E-state index contributed by atoms with van der Waals surface area (Å²) < 4.78 is 5.26. The molecule has 0 bridgehead atoms. The van der Waals surface area contributed by atoms with E-state index in [0.29, 0.717) is 17.7 Å². The summed E-state index contributed by atoms with van der Waals surface area (Å²) in [5.74, 6) is 0.734. The molecule has 0 saturated heterocycles. The molecular weight excluding hydrogens is 248 g/mol. The van der Waals surface area contributed by atoms with E-state index in [1.54, 1.807) is 7.11 Å². The van der Waals surface area contributed by atoms with Crippen molar-refractivity contribution in [1.29, 1.82) is 0 Å². The maximum Gasteiger partial charge on any atom is 0.170 e. The van der Waals surface area contributed by atoms with Crippen LogP contribution in [-0.4, -0.2) is 12.9 Å². The van der Waals surface area contributed by atoms with Gasteiger partial charge in [0.2, 0.25) is 0 Å². The van der Waals surface area contributed by atoms with Gasteiger partial charge in [-0.15, -0.1) is 0 Å². The molecule has 2 nitrogen and oxygen atoms in total. The van der Waals surface area contributed by atoms with Crippen LogP contribution in [0.15, 0.2) is 36.4 Å². The number of para-hydroxylation sites is 1. The first-order valence-electron chi connectivity index (χ1n) is 6.76. The van der Waals surface area contributed by atoms with Crippen LogP contribution >= 0.6 is 0 Å². The molecule has 0 N–H and O–H groups in total. The Bertz CT molecular complexity index is 619. The normalized spacial score (nSPS) is 10.4. The Kier molecular flexibility index (Phi) is 4.23. The Hall–Kier alpha value is -2.09. The molecule has 0 unspecified atom stereocenters. The van der Waals surface area contributed by atoms with Crippen molar-refractivity contribution < 1.29 is 9.53 Å². The van der Waals surface area contributed by atoms with Gasteiger partial charge in [-0.1, -0.05) is 29.8 Å². The zero-order chi connectivity index (χ0) is 14.7. The molecule has 2 aromatic rings. The van der Waals surface area contributed by atoms with Gasteiger partial charge in [0.05, 0.1) is 12.7 Å². The van der Waals surface area contributed by atoms with Crippen LogP contribution in [0, 0.1) is 20.8 Å². The second kappa shape index (κ2) is 5.91. The summed E-state index contributed by atoms with van der Waals surface area (Å²) in [5.41, 5.74) is 5.34. The van der Waals surface area contributed by atoms with E-state index < -0.39 is 0 Å². The molecule has 0 aliphatic rings. The summed E-state index contributed by atoms with van der Waals surface area (Å²) in [6.07, 6.45) is 0.415. The van der Waals surface area contributed by atoms with Crippen molar-refractivity contribution in [1.82, 2.24) is 0 Å². The molecule has 0 radical (unpaired) electrons. The van der Waals surface area contributed by atoms with Crippen LogP contribution in [0.1, 0.15) is 32.6 Å². The standard InChI is InChI=1S/C18H20O2/c1-12-9-13(2)16(14(3)10-12)11-17(19)15-7-5-6-8-18(15)20-4/h5-10H,11H2,1-4H3. The molecule has 0 heterocycles. The Labute approximate surface area is 120 Å². The molecular formula is C18H20O2. The highest BCUT2D eigenvalue weighted by Crippen LogP contribution is 2.22. The highest BCUT2D eigenvalue weighted by molar-refractivity contribution is 6.00. The topological polar surface area (TPSA) is 26.3 Å². The number of ketones is 1. The van der Waals surface area contributed by atoms with Crippen LogP contribution in [0.5, 0.6) is 5.75 Å². The molecule has 0 aliphatic heterocycles. The number of methoxy groups -OCH3 is 1. The van der Waals surface area contributed by atoms with Crippen LogP contribution in [0.4, 0.5) is 0 Å². The molecule has 0 atom stereocenters. The van der Waals surface area contributed by atoms with Crippen molar-refractivity contribution in [3.63, 3.8) is 0 Å². The average Bonchev–Trinajstić information content (AvgIpc) is 2.42.